The Balaban J connectivity index is 1.52. The zero-order valence-corrected chi connectivity index (χ0v) is 16.4. The Morgan fingerprint density at radius 2 is 2.22 bits per heavy atom. The van der Waals surface area contributed by atoms with Crippen LogP contribution in [0.2, 0.25) is 0 Å². The number of carbonyl (C=O) groups excluding carboxylic acids is 1. The lowest BCUT2D eigenvalue weighted by molar-refractivity contribution is -0.117. The van der Waals surface area contributed by atoms with E-state index < -0.39 is 6.09 Å². The summed E-state index contributed by atoms with van der Waals surface area (Å²) in [4.78, 5) is 16.3. The van der Waals surface area contributed by atoms with Gasteiger partial charge in [0.05, 0.1) is 18.6 Å². The number of rotatable bonds is 5. The van der Waals surface area contributed by atoms with E-state index in [1.54, 1.807) is 19.5 Å². The van der Waals surface area contributed by atoms with Crippen molar-refractivity contribution in [1.29, 1.82) is 0 Å². The fraction of sp³-hybridized carbons (Fsp3) is 0.700. The highest BCUT2D eigenvalue weighted by Crippen LogP contribution is 2.59. The second-order valence-corrected chi connectivity index (χ2v) is 8.27. The minimum atomic E-state index is -0.436. The number of methoxy groups -OCH3 is 1. The van der Waals surface area contributed by atoms with Crippen LogP contribution in [-0.4, -0.2) is 58.9 Å². The Morgan fingerprint density at radius 3 is 2.81 bits per heavy atom. The average Bonchev–Trinajstić information content (AvgIpc) is 3.46. The molecule has 0 aromatic carbocycles. The van der Waals surface area contributed by atoms with Gasteiger partial charge in [0.25, 0.3) is 0 Å². The molecule has 1 aromatic heterocycles. The predicted octanol–water partition coefficient (Wildman–Crippen LogP) is 2.94. The molecule has 7 heteroatoms. The van der Waals surface area contributed by atoms with Crippen molar-refractivity contribution < 1.29 is 23.7 Å². The van der Waals surface area contributed by atoms with Crippen LogP contribution in [0, 0.1) is 5.92 Å². The van der Waals surface area contributed by atoms with Crippen LogP contribution in [0.15, 0.2) is 30.4 Å². The second kappa shape index (κ2) is 6.72. The van der Waals surface area contributed by atoms with Crippen molar-refractivity contribution >= 4 is 6.09 Å². The Hall–Kier alpha value is -1.70. The van der Waals surface area contributed by atoms with E-state index in [1.807, 2.05) is 0 Å². The molecule has 1 saturated carbocycles. The fourth-order valence-corrected chi connectivity index (χ4v) is 4.63. The second-order valence-electron chi connectivity index (χ2n) is 8.27. The normalized spacial score (nSPS) is 39.9. The topological polar surface area (TPSA) is 78.4 Å². The van der Waals surface area contributed by atoms with Crippen LogP contribution < -0.4 is 0 Å². The van der Waals surface area contributed by atoms with Gasteiger partial charge in [-0.15, -0.1) is 0 Å². The molecule has 7 nitrogen and oxygen atoms in total. The van der Waals surface area contributed by atoms with E-state index in [0.717, 1.165) is 12.8 Å². The average molecular weight is 376 g/mol. The highest BCUT2D eigenvalue weighted by atomic mass is 16.6. The van der Waals surface area contributed by atoms with Crippen molar-refractivity contribution in [3.05, 3.63) is 30.4 Å². The summed E-state index contributed by atoms with van der Waals surface area (Å²) >= 11 is 0. The summed E-state index contributed by atoms with van der Waals surface area (Å²) in [5, 5.41) is 0. The molecule has 2 aliphatic heterocycles. The summed E-state index contributed by atoms with van der Waals surface area (Å²) < 4.78 is 25.1. The summed E-state index contributed by atoms with van der Waals surface area (Å²) in [6.07, 6.45) is 8.31. The van der Waals surface area contributed by atoms with Crippen molar-refractivity contribution in [2.75, 3.05) is 13.7 Å². The smallest absolute Gasteiger partial charge is 0.419 e. The molecule has 1 aliphatic carbocycles. The molecule has 3 aliphatic rings. The quantitative estimate of drug-likeness (QED) is 0.581. The molecule has 4 unspecified atom stereocenters. The zero-order chi connectivity index (χ0) is 19.2. The highest BCUT2D eigenvalue weighted by Gasteiger charge is 2.72. The van der Waals surface area contributed by atoms with Crippen LogP contribution in [0.25, 0.3) is 0 Å². The Bertz CT molecular complexity index is 723. The third-order valence-electron chi connectivity index (χ3n) is 6.20. The molecule has 2 saturated heterocycles. The number of nitrogens with zero attached hydrogens (tertiary/aromatic N) is 2. The van der Waals surface area contributed by atoms with Gasteiger partial charge < -0.3 is 18.9 Å². The predicted molar refractivity (Wildman–Crippen MR) is 97.4 cm³/mol. The number of ether oxygens (including phenoxy) is 4. The molecule has 3 fully saturated rings. The maximum atomic E-state index is 12.4. The molecule has 6 atom stereocenters. The monoisotopic (exact) mass is 376 g/mol. The first kappa shape index (κ1) is 18.7. The standard InChI is InChI=1S/C20H28N2O5/c1-13(2)5-6-15-19(3,27-15)17-16(24-4)14(7-8-20(17)11-25-20)26-18(23)22-10-9-21-12-22/h5,9-10,12,14-17H,6-8,11H2,1-4H3/t14?,15-,16?,17?,19+,20?/m1/s1. The molecule has 27 heavy (non-hydrogen) atoms. The van der Waals surface area contributed by atoms with Gasteiger partial charge in [0.2, 0.25) is 0 Å². The number of aromatic nitrogens is 2. The molecule has 0 radical (unpaired) electrons. The Morgan fingerprint density at radius 1 is 1.44 bits per heavy atom. The van der Waals surface area contributed by atoms with Gasteiger partial charge in [0, 0.05) is 19.5 Å². The molecule has 0 N–H and O–H groups in total. The van der Waals surface area contributed by atoms with E-state index in [-0.39, 0.29) is 35.4 Å². The van der Waals surface area contributed by atoms with Crippen molar-refractivity contribution in [3.8, 4) is 0 Å². The third kappa shape index (κ3) is 3.32. The van der Waals surface area contributed by atoms with Gasteiger partial charge in [0.1, 0.15) is 29.7 Å². The Labute approximate surface area is 159 Å². The van der Waals surface area contributed by atoms with Gasteiger partial charge >= 0.3 is 6.09 Å². The zero-order valence-electron chi connectivity index (χ0n) is 16.4. The summed E-state index contributed by atoms with van der Waals surface area (Å²) in [5.74, 6) is 0.0277. The molecule has 0 bridgehead atoms. The van der Waals surface area contributed by atoms with Crippen LogP contribution in [0.1, 0.15) is 40.0 Å². The van der Waals surface area contributed by atoms with Crippen LogP contribution in [0.3, 0.4) is 0 Å². The summed E-state index contributed by atoms with van der Waals surface area (Å²) in [5.41, 5.74) is 0.736. The molecule has 148 valence electrons. The van der Waals surface area contributed by atoms with Gasteiger partial charge in [0.15, 0.2) is 0 Å². The van der Waals surface area contributed by atoms with E-state index >= 15 is 0 Å². The highest BCUT2D eigenvalue weighted by molar-refractivity contribution is 5.70. The molecule has 0 amide bonds. The van der Waals surface area contributed by atoms with Gasteiger partial charge in [-0.05, 0) is 40.0 Å². The van der Waals surface area contributed by atoms with Crippen LogP contribution >= 0.6 is 0 Å². The van der Waals surface area contributed by atoms with Crippen LogP contribution in [-0.2, 0) is 18.9 Å². The molecule has 1 aromatic rings. The minimum Gasteiger partial charge on any atom is -0.443 e. The van der Waals surface area contributed by atoms with Crippen molar-refractivity contribution in [2.24, 2.45) is 5.92 Å². The summed E-state index contributed by atoms with van der Waals surface area (Å²) in [6, 6.07) is 0. The molecular formula is C20H28N2O5. The summed E-state index contributed by atoms with van der Waals surface area (Å²) in [7, 11) is 1.67. The van der Waals surface area contributed by atoms with E-state index in [2.05, 4.69) is 31.8 Å². The van der Waals surface area contributed by atoms with E-state index in [4.69, 9.17) is 18.9 Å². The number of carbonyl (C=O) groups is 1. The maximum Gasteiger partial charge on any atom is 0.419 e. The number of allylic oxidation sites excluding steroid dienone is 1. The fourth-order valence-electron chi connectivity index (χ4n) is 4.63. The number of imidazole rings is 1. The number of hydrogen-bond acceptors (Lipinski definition) is 6. The lowest BCUT2D eigenvalue weighted by atomic mass is 9.68. The maximum absolute atomic E-state index is 12.4. The first-order valence-corrected chi connectivity index (χ1v) is 9.56. The lowest BCUT2D eigenvalue weighted by Gasteiger charge is -2.42. The SMILES string of the molecule is COC1C(OC(=O)n2ccnc2)CCC2(CO2)C1[C@@]1(C)O[C@@H]1CC=C(C)C. The van der Waals surface area contributed by atoms with Crippen molar-refractivity contribution in [1.82, 2.24) is 9.55 Å². The first-order chi connectivity index (χ1) is 12.9. The van der Waals surface area contributed by atoms with Gasteiger partial charge in [-0.3, -0.25) is 0 Å². The molecule has 3 heterocycles. The third-order valence-corrected chi connectivity index (χ3v) is 6.20. The van der Waals surface area contributed by atoms with Gasteiger partial charge in [-0.1, -0.05) is 11.6 Å². The van der Waals surface area contributed by atoms with Crippen LogP contribution in [0.5, 0.6) is 0 Å². The Kier molecular flexibility index (Phi) is 4.64. The lowest BCUT2D eigenvalue weighted by Crippen LogP contribution is -2.55. The molecular weight excluding hydrogens is 348 g/mol. The first-order valence-electron chi connectivity index (χ1n) is 9.56. The number of epoxide rings is 2. The number of hydrogen-bond donors (Lipinski definition) is 0. The van der Waals surface area contributed by atoms with Gasteiger partial charge in [-0.25, -0.2) is 14.3 Å². The van der Waals surface area contributed by atoms with E-state index in [9.17, 15) is 4.79 Å². The summed E-state index contributed by atoms with van der Waals surface area (Å²) in [6.45, 7) is 7.04. The van der Waals surface area contributed by atoms with E-state index in [1.165, 1.54) is 16.5 Å². The van der Waals surface area contributed by atoms with Crippen LogP contribution in [0.4, 0.5) is 4.79 Å². The van der Waals surface area contributed by atoms with E-state index in [0.29, 0.717) is 13.0 Å². The van der Waals surface area contributed by atoms with Crippen molar-refractivity contribution in [2.45, 2.75) is 69.5 Å². The molecule has 4 rings (SSSR count). The minimum absolute atomic E-state index is 0.0277. The van der Waals surface area contributed by atoms with Gasteiger partial charge in [-0.2, -0.15) is 0 Å². The van der Waals surface area contributed by atoms with Crippen molar-refractivity contribution in [3.63, 3.8) is 0 Å². The largest absolute Gasteiger partial charge is 0.443 e. The molecule has 1 spiro atoms.